The fourth-order valence-corrected chi connectivity index (χ4v) is 2.90. The van der Waals surface area contributed by atoms with Crippen LogP contribution in [0, 0.1) is 20.8 Å². The Hall–Kier alpha value is -1.55. The van der Waals surface area contributed by atoms with Crippen molar-refractivity contribution in [1.29, 1.82) is 0 Å². The van der Waals surface area contributed by atoms with E-state index in [0.717, 1.165) is 37.1 Å². The first-order valence-electron chi connectivity index (χ1n) is 7.66. The normalized spacial score (nSPS) is 19.5. The van der Waals surface area contributed by atoms with Crippen LogP contribution in [0.15, 0.2) is 12.1 Å². The molecule has 0 amide bonds. The first-order valence-corrected chi connectivity index (χ1v) is 7.66. The van der Waals surface area contributed by atoms with Crippen molar-refractivity contribution in [2.45, 2.75) is 46.1 Å². The third-order valence-electron chi connectivity index (χ3n) is 4.33. The van der Waals surface area contributed by atoms with E-state index in [4.69, 9.17) is 4.74 Å². The molecule has 1 aliphatic rings. The summed E-state index contributed by atoms with van der Waals surface area (Å²) >= 11 is 0. The molecule has 116 valence electrons. The maximum Gasteiger partial charge on any atom is 0.320 e. The van der Waals surface area contributed by atoms with Gasteiger partial charge in [0, 0.05) is 6.54 Å². The topological polar surface area (TPSA) is 49.8 Å². The summed E-state index contributed by atoms with van der Waals surface area (Å²) in [6, 6.07) is 3.85. The van der Waals surface area contributed by atoms with Crippen LogP contribution in [0.2, 0.25) is 0 Å². The molecule has 0 aliphatic carbocycles. The van der Waals surface area contributed by atoms with Crippen molar-refractivity contribution in [2.75, 3.05) is 19.7 Å². The Kier molecular flexibility index (Phi) is 5.23. The summed E-state index contributed by atoms with van der Waals surface area (Å²) in [6.45, 7) is 8.27. The van der Waals surface area contributed by atoms with Crippen molar-refractivity contribution < 1.29 is 14.6 Å². The maximum atomic E-state index is 11.3. The number of benzene rings is 1. The van der Waals surface area contributed by atoms with Crippen molar-refractivity contribution in [2.24, 2.45) is 0 Å². The minimum absolute atomic E-state index is 0.344. The quantitative estimate of drug-likeness (QED) is 0.906. The second-order valence-electron chi connectivity index (χ2n) is 5.94. The van der Waals surface area contributed by atoms with Gasteiger partial charge in [-0.3, -0.25) is 9.69 Å². The van der Waals surface area contributed by atoms with Crippen LogP contribution in [0.25, 0.3) is 0 Å². The van der Waals surface area contributed by atoms with E-state index in [1.165, 1.54) is 11.1 Å². The van der Waals surface area contributed by atoms with Crippen LogP contribution in [0.4, 0.5) is 0 Å². The van der Waals surface area contributed by atoms with Gasteiger partial charge >= 0.3 is 5.97 Å². The van der Waals surface area contributed by atoms with Crippen molar-refractivity contribution in [3.8, 4) is 5.75 Å². The molecular weight excluding hydrogens is 266 g/mol. The summed E-state index contributed by atoms with van der Waals surface area (Å²) in [7, 11) is 0. The van der Waals surface area contributed by atoms with Crippen molar-refractivity contribution in [1.82, 2.24) is 4.90 Å². The van der Waals surface area contributed by atoms with E-state index < -0.39 is 5.97 Å². The molecule has 0 saturated carbocycles. The number of piperidine rings is 1. The lowest BCUT2D eigenvalue weighted by atomic mass is 10.0. The highest BCUT2D eigenvalue weighted by Crippen LogP contribution is 2.23. The van der Waals surface area contributed by atoms with E-state index in [2.05, 4.69) is 26.0 Å². The molecule has 4 nitrogen and oxygen atoms in total. The van der Waals surface area contributed by atoms with Gasteiger partial charge in [-0.2, -0.15) is 0 Å². The molecule has 1 N–H and O–H groups in total. The number of ether oxygens (including phenoxy) is 1. The largest absolute Gasteiger partial charge is 0.492 e. The number of carbonyl (C=O) groups is 1. The van der Waals surface area contributed by atoms with E-state index in [-0.39, 0.29) is 6.04 Å². The number of hydrogen-bond acceptors (Lipinski definition) is 3. The van der Waals surface area contributed by atoms with Crippen LogP contribution >= 0.6 is 0 Å². The fraction of sp³-hybridized carbons (Fsp3) is 0.588. The summed E-state index contributed by atoms with van der Waals surface area (Å²) in [6.07, 6.45) is 2.83. The Bertz CT molecular complexity index is 513. The molecule has 1 aliphatic heterocycles. The number of carboxylic acid groups (broad SMARTS) is 1. The number of aryl methyl sites for hydroxylation is 3. The zero-order chi connectivity index (χ0) is 15.4. The Morgan fingerprint density at radius 1 is 1.24 bits per heavy atom. The molecular formula is C17H25NO3. The number of likely N-dealkylation sites (tertiary alicyclic amines) is 1. The summed E-state index contributed by atoms with van der Waals surface area (Å²) in [5.41, 5.74) is 3.62. The average molecular weight is 291 g/mol. The zero-order valence-electron chi connectivity index (χ0n) is 13.2. The van der Waals surface area contributed by atoms with Crippen LogP contribution in [-0.4, -0.2) is 41.7 Å². The highest BCUT2D eigenvalue weighted by molar-refractivity contribution is 5.73. The molecule has 1 unspecified atom stereocenters. The van der Waals surface area contributed by atoms with E-state index in [1.807, 2.05) is 11.8 Å². The predicted molar refractivity (Wildman–Crippen MR) is 83.0 cm³/mol. The molecule has 0 spiro atoms. The van der Waals surface area contributed by atoms with E-state index in [1.54, 1.807) is 0 Å². The second-order valence-corrected chi connectivity index (χ2v) is 5.94. The molecule has 0 bridgehead atoms. The Labute approximate surface area is 126 Å². The predicted octanol–water partition coefficient (Wildman–Crippen LogP) is 2.93. The van der Waals surface area contributed by atoms with Crippen LogP contribution in [0.1, 0.15) is 36.0 Å². The minimum atomic E-state index is -0.711. The Morgan fingerprint density at radius 2 is 1.95 bits per heavy atom. The van der Waals surface area contributed by atoms with Crippen LogP contribution in [0.5, 0.6) is 5.75 Å². The summed E-state index contributed by atoms with van der Waals surface area (Å²) in [5, 5.41) is 9.25. The minimum Gasteiger partial charge on any atom is -0.492 e. The molecule has 1 aromatic carbocycles. The molecule has 2 rings (SSSR count). The third-order valence-corrected chi connectivity index (χ3v) is 4.33. The molecule has 0 aromatic heterocycles. The fourth-order valence-electron chi connectivity index (χ4n) is 2.90. The molecule has 4 heteroatoms. The van der Waals surface area contributed by atoms with Gasteiger partial charge in [0.1, 0.15) is 18.4 Å². The van der Waals surface area contributed by atoms with Crippen LogP contribution < -0.4 is 4.74 Å². The van der Waals surface area contributed by atoms with Gasteiger partial charge in [0.15, 0.2) is 0 Å². The second kappa shape index (κ2) is 6.94. The Balaban J connectivity index is 1.91. The van der Waals surface area contributed by atoms with Crippen molar-refractivity contribution in [3.05, 3.63) is 28.8 Å². The molecule has 1 heterocycles. The monoisotopic (exact) mass is 291 g/mol. The number of nitrogens with zero attached hydrogens (tertiary/aromatic N) is 1. The first-order chi connectivity index (χ1) is 9.99. The highest BCUT2D eigenvalue weighted by Gasteiger charge is 2.27. The summed E-state index contributed by atoms with van der Waals surface area (Å²) in [4.78, 5) is 13.3. The van der Waals surface area contributed by atoms with Gasteiger partial charge in [-0.25, -0.2) is 0 Å². The average Bonchev–Trinajstić information content (AvgIpc) is 2.44. The van der Waals surface area contributed by atoms with Gasteiger partial charge in [0.25, 0.3) is 0 Å². The van der Waals surface area contributed by atoms with Gasteiger partial charge in [-0.1, -0.05) is 12.5 Å². The van der Waals surface area contributed by atoms with Gasteiger partial charge in [-0.05, 0) is 62.9 Å². The molecule has 1 aromatic rings. The SMILES string of the molecule is Cc1cc(C)c(OCCN2CCCCC2C(=O)O)cc1C. The smallest absolute Gasteiger partial charge is 0.320 e. The number of aliphatic carboxylic acids is 1. The maximum absolute atomic E-state index is 11.3. The molecule has 1 atom stereocenters. The van der Waals surface area contributed by atoms with Gasteiger partial charge in [0.05, 0.1) is 0 Å². The molecule has 21 heavy (non-hydrogen) atoms. The number of carboxylic acids is 1. The lowest BCUT2D eigenvalue weighted by molar-refractivity contribution is -0.144. The van der Waals surface area contributed by atoms with Crippen LogP contribution in [-0.2, 0) is 4.79 Å². The number of rotatable bonds is 5. The number of hydrogen-bond donors (Lipinski definition) is 1. The van der Waals surface area contributed by atoms with E-state index >= 15 is 0 Å². The third kappa shape index (κ3) is 3.97. The van der Waals surface area contributed by atoms with Crippen molar-refractivity contribution in [3.63, 3.8) is 0 Å². The Morgan fingerprint density at radius 3 is 2.67 bits per heavy atom. The molecule has 1 fully saturated rings. The molecule has 1 saturated heterocycles. The van der Waals surface area contributed by atoms with E-state index in [9.17, 15) is 9.90 Å². The lowest BCUT2D eigenvalue weighted by Gasteiger charge is -2.32. The lowest BCUT2D eigenvalue weighted by Crippen LogP contribution is -2.46. The first kappa shape index (κ1) is 15.8. The van der Waals surface area contributed by atoms with Gasteiger partial charge in [-0.15, -0.1) is 0 Å². The summed E-state index contributed by atoms with van der Waals surface area (Å²) < 4.78 is 5.87. The van der Waals surface area contributed by atoms with Gasteiger partial charge in [0.2, 0.25) is 0 Å². The van der Waals surface area contributed by atoms with E-state index in [0.29, 0.717) is 13.2 Å². The van der Waals surface area contributed by atoms with Crippen molar-refractivity contribution >= 4 is 5.97 Å². The highest BCUT2D eigenvalue weighted by atomic mass is 16.5. The standard InChI is InChI=1S/C17H25NO3/c1-12-10-14(3)16(11-13(12)2)21-9-8-18-7-5-4-6-15(18)17(19)20/h10-11,15H,4-9H2,1-3H3,(H,19,20). The summed E-state index contributed by atoms with van der Waals surface area (Å²) in [5.74, 6) is 0.194. The zero-order valence-corrected chi connectivity index (χ0v) is 13.2. The molecule has 0 radical (unpaired) electrons. The van der Waals surface area contributed by atoms with Crippen LogP contribution in [0.3, 0.4) is 0 Å². The van der Waals surface area contributed by atoms with Gasteiger partial charge < -0.3 is 9.84 Å².